The maximum absolute atomic E-state index is 12.4. The first-order valence-corrected chi connectivity index (χ1v) is 9.90. The lowest BCUT2D eigenvalue weighted by Crippen LogP contribution is -2.35. The molecule has 1 amide bonds. The Bertz CT molecular complexity index is 781. The summed E-state index contributed by atoms with van der Waals surface area (Å²) in [5.41, 5.74) is 2.25. The van der Waals surface area contributed by atoms with Gasteiger partial charge in [0.15, 0.2) is 0 Å². The number of amides is 1. The smallest absolute Gasteiger partial charge is 0.272 e. The SMILES string of the molecule is CCn1ccc(C(=O)N[C@@H](C)c2cnc(N(C)C3CCCCC3)nc2C)n1. The summed E-state index contributed by atoms with van der Waals surface area (Å²) >= 11 is 0. The summed E-state index contributed by atoms with van der Waals surface area (Å²) in [5, 5.41) is 7.25. The van der Waals surface area contributed by atoms with E-state index in [4.69, 9.17) is 4.98 Å². The molecule has 0 spiro atoms. The largest absolute Gasteiger partial charge is 0.344 e. The van der Waals surface area contributed by atoms with E-state index in [0.717, 1.165) is 23.8 Å². The fourth-order valence-electron chi connectivity index (χ4n) is 3.70. The summed E-state index contributed by atoms with van der Waals surface area (Å²) in [6.45, 7) is 6.66. The molecular formula is C20H30N6O. The quantitative estimate of drug-likeness (QED) is 0.845. The number of nitrogens with one attached hydrogen (secondary N) is 1. The number of carbonyl (C=O) groups excluding carboxylic acids is 1. The average Bonchev–Trinajstić information content (AvgIpc) is 3.17. The number of anilines is 1. The molecule has 0 radical (unpaired) electrons. The molecule has 1 atom stereocenters. The highest BCUT2D eigenvalue weighted by Gasteiger charge is 2.22. The highest BCUT2D eigenvalue weighted by Crippen LogP contribution is 2.25. The second kappa shape index (κ2) is 8.50. The van der Waals surface area contributed by atoms with Gasteiger partial charge in [0.05, 0.1) is 6.04 Å². The van der Waals surface area contributed by atoms with Gasteiger partial charge >= 0.3 is 0 Å². The van der Waals surface area contributed by atoms with Crippen molar-refractivity contribution < 1.29 is 4.79 Å². The van der Waals surface area contributed by atoms with Gasteiger partial charge in [-0.3, -0.25) is 9.48 Å². The van der Waals surface area contributed by atoms with Gasteiger partial charge in [0.25, 0.3) is 5.91 Å². The molecule has 7 heteroatoms. The van der Waals surface area contributed by atoms with Crippen molar-refractivity contribution in [2.45, 2.75) is 71.5 Å². The zero-order valence-electron chi connectivity index (χ0n) is 16.8. The van der Waals surface area contributed by atoms with Gasteiger partial charge in [-0.1, -0.05) is 19.3 Å². The van der Waals surface area contributed by atoms with E-state index in [1.807, 2.05) is 33.2 Å². The van der Waals surface area contributed by atoms with Crippen LogP contribution in [-0.2, 0) is 6.54 Å². The summed E-state index contributed by atoms with van der Waals surface area (Å²) in [6.07, 6.45) is 9.95. The lowest BCUT2D eigenvalue weighted by Gasteiger charge is -2.31. The average molecular weight is 371 g/mol. The fourth-order valence-corrected chi connectivity index (χ4v) is 3.70. The lowest BCUT2D eigenvalue weighted by atomic mass is 9.95. The molecular weight excluding hydrogens is 340 g/mol. The topological polar surface area (TPSA) is 75.9 Å². The zero-order valence-corrected chi connectivity index (χ0v) is 16.8. The van der Waals surface area contributed by atoms with Crippen LogP contribution >= 0.6 is 0 Å². The van der Waals surface area contributed by atoms with Crippen molar-refractivity contribution in [2.24, 2.45) is 0 Å². The second-order valence-electron chi connectivity index (χ2n) is 7.37. The third-order valence-corrected chi connectivity index (χ3v) is 5.45. The van der Waals surface area contributed by atoms with Crippen molar-refractivity contribution in [1.82, 2.24) is 25.1 Å². The van der Waals surface area contributed by atoms with E-state index >= 15 is 0 Å². The van der Waals surface area contributed by atoms with Crippen molar-refractivity contribution in [3.63, 3.8) is 0 Å². The molecule has 0 unspecified atom stereocenters. The maximum Gasteiger partial charge on any atom is 0.272 e. The number of aromatic nitrogens is 4. The molecule has 7 nitrogen and oxygen atoms in total. The van der Waals surface area contributed by atoms with Crippen LogP contribution in [0.4, 0.5) is 5.95 Å². The van der Waals surface area contributed by atoms with Gasteiger partial charge in [0.1, 0.15) is 5.69 Å². The lowest BCUT2D eigenvalue weighted by molar-refractivity contribution is 0.0934. The van der Waals surface area contributed by atoms with E-state index in [1.54, 1.807) is 10.7 Å². The molecule has 3 rings (SSSR count). The van der Waals surface area contributed by atoms with E-state index in [0.29, 0.717) is 11.7 Å². The molecule has 146 valence electrons. The van der Waals surface area contributed by atoms with Gasteiger partial charge < -0.3 is 10.2 Å². The van der Waals surface area contributed by atoms with E-state index in [2.05, 4.69) is 27.3 Å². The Kier molecular flexibility index (Phi) is 6.08. The first-order valence-electron chi connectivity index (χ1n) is 9.90. The predicted molar refractivity (Wildman–Crippen MR) is 106 cm³/mol. The minimum atomic E-state index is -0.183. The Balaban J connectivity index is 1.68. The molecule has 0 bridgehead atoms. The van der Waals surface area contributed by atoms with Crippen LogP contribution in [0.2, 0.25) is 0 Å². The monoisotopic (exact) mass is 370 g/mol. The number of aryl methyl sites for hydroxylation is 2. The zero-order chi connectivity index (χ0) is 19.4. The molecule has 2 aromatic heterocycles. The van der Waals surface area contributed by atoms with Gasteiger partial charge in [-0.15, -0.1) is 0 Å². The van der Waals surface area contributed by atoms with Gasteiger partial charge in [0.2, 0.25) is 5.95 Å². The van der Waals surface area contributed by atoms with Crippen molar-refractivity contribution in [3.05, 3.63) is 35.4 Å². The highest BCUT2D eigenvalue weighted by atomic mass is 16.2. The van der Waals surface area contributed by atoms with E-state index in [9.17, 15) is 4.79 Å². The summed E-state index contributed by atoms with van der Waals surface area (Å²) < 4.78 is 1.74. The Hall–Kier alpha value is -2.44. The fraction of sp³-hybridized carbons (Fsp3) is 0.600. The molecule has 0 saturated heterocycles. The number of nitrogens with zero attached hydrogens (tertiary/aromatic N) is 5. The Labute approximate surface area is 161 Å². The van der Waals surface area contributed by atoms with Crippen LogP contribution in [-0.4, -0.2) is 38.7 Å². The van der Waals surface area contributed by atoms with Crippen LogP contribution in [0, 0.1) is 6.92 Å². The Morgan fingerprint density at radius 2 is 2.11 bits per heavy atom. The third-order valence-electron chi connectivity index (χ3n) is 5.45. The molecule has 1 fully saturated rings. The van der Waals surface area contributed by atoms with Gasteiger partial charge in [-0.05, 0) is 39.7 Å². The number of carbonyl (C=O) groups is 1. The molecule has 0 aromatic carbocycles. The summed E-state index contributed by atoms with van der Waals surface area (Å²) in [4.78, 5) is 23.9. The molecule has 1 aliphatic carbocycles. The van der Waals surface area contributed by atoms with Gasteiger partial charge in [-0.25, -0.2) is 9.97 Å². The highest BCUT2D eigenvalue weighted by molar-refractivity contribution is 5.92. The van der Waals surface area contributed by atoms with E-state index in [1.165, 1.54) is 32.1 Å². The van der Waals surface area contributed by atoms with Gasteiger partial charge in [0, 0.05) is 43.3 Å². The van der Waals surface area contributed by atoms with Gasteiger partial charge in [-0.2, -0.15) is 5.10 Å². The third kappa shape index (κ3) is 4.46. The van der Waals surface area contributed by atoms with Crippen LogP contribution in [0.3, 0.4) is 0 Å². The molecule has 1 N–H and O–H groups in total. The molecule has 27 heavy (non-hydrogen) atoms. The molecule has 1 aliphatic rings. The van der Waals surface area contributed by atoms with Crippen molar-refractivity contribution in [1.29, 1.82) is 0 Å². The Morgan fingerprint density at radius 1 is 1.37 bits per heavy atom. The van der Waals surface area contributed by atoms with Crippen molar-refractivity contribution in [3.8, 4) is 0 Å². The maximum atomic E-state index is 12.4. The second-order valence-corrected chi connectivity index (χ2v) is 7.37. The van der Waals surface area contributed by atoms with Crippen LogP contribution in [0.5, 0.6) is 0 Å². The minimum absolute atomic E-state index is 0.182. The molecule has 2 heterocycles. The normalized spacial score (nSPS) is 16.1. The van der Waals surface area contributed by atoms with Crippen molar-refractivity contribution in [2.75, 3.05) is 11.9 Å². The number of hydrogen-bond acceptors (Lipinski definition) is 5. The van der Waals surface area contributed by atoms with Crippen LogP contribution in [0.1, 0.15) is 73.7 Å². The van der Waals surface area contributed by atoms with Crippen LogP contribution in [0.15, 0.2) is 18.5 Å². The summed E-state index contributed by atoms with van der Waals surface area (Å²) in [6, 6.07) is 2.07. The van der Waals surface area contributed by atoms with E-state index in [-0.39, 0.29) is 11.9 Å². The molecule has 2 aromatic rings. The minimum Gasteiger partial charge on any atom is -0.344 e. The first-order chi connectivity index (χ1) is 13.0. The number of hydrogen-bond donors (Lipinski definition) is 1. The molecule has 1 saturated carbocycles. The molecule has 0 aliphatic heterocycles. The number of rotatable bonds is 6. The summed E-state index contributed by atoms with van der Waals surface area (Å²) in [7, 11) is 2.08. The summed E-state index contributed by atoms with van der Waals surface area (Å²) in [5.74, 6) is 0.584. The van der Waals surface area contributed by atoms with Crippen LogP contribution in [0.25, 0.3) is 0 Å². The van der Waals surface area contributed by atoms with Crippen LogP contribution < -0.4 is 10.2 Å². The standard InChI is InChI=1S/C20H30N6O/c1-5-26-12-11-18(24-26)19(27)22-14(2)17-13-21-20(23-15(17)3)25(4)16-9-7-6-8-10-16/h11-14,16H,5-10H2,1-4H3,(H,22,27)/t14-/m0/s1. The van der Waals surface area contributed by atoms with E-state index < -0.39 is 0 Å². The predicted octanol–water partition coefficient (Wildman–Crippen LogP) is 3.26. The Morgan fingerprint density at radius 3 is 2.74 bits per heavy atom. The van der Waals surface area contributed by atoms with Crippen molar-refractivity contribution >= 4 is 11.9 Å². The first kappa shape index (κ1) is 19.3.